The first-order valence-corrected chi connectivity index (χ1v) is 10.8. The maximum Gasteiger partial charge on any atom is 0.573 e. The van der Waals surface area contributed by atoms with E-state index in [2.05, 4.69) is 4.74 Å². The zero-order valence-electron chi connectivity index (χ0n) is 19.5. The zero-order chi connectivity index (χ0) is 27.2. The topological polar surface area (TPSA) is 134 Å². The monoisotopic (exact) mass is 516 g/mol. The van der Waals surface area contributed by atoms with Gasteiger partial charge in [0.15, 0.2) is 11.5 Å². The molecule has 0 atom stereocenters. The van der Waals surface area contributed by atoms with Gasteiger partial charge in [-0.05, 0) is 78.6 Å². The van der Waals surface area contributed by atoms with Crippen molar-refractivity contribution in [3.05, 3.63) is 82.9 Å². The van der Waals surface area contributed by atoms with Crippen LogP contribution in [0.1, 0.15) is 27.9 Å². The molecule has 194 valence electrons. The number of hydrogen-bond acceptors (Lipinski definition) is 7. The molecule has 0 fully saturated rings. The Balaban J connectivity index is 1.69. The molecule has 0 saturated heterocycles. The largest absolute Gasteiger partial charge is 0.573 e. The molecule has 0 aliphatic rings. The standard InChI is InChI=1S/C26H23F3N2O6/c1-35-23-13-18(6-9-22(23)37-26(27,28)29)25(34)36-21-7-3-15(4-8-21)10-17(24(32)33)5-2-16-11-19(30)14-20(31)12-16/h3-4,6-14H,2,5,30-31H2,1H3,(H,32,33)/b17-10+. The normalized spacial score (nSPS) is 11.6. The van der Waals surface area contributed by atoms with Crippen molar-refractivity contribution in [1.29, 1.82) is 0 Å². The van der Waals surface area contributed by atoms with E-state index in [0.29, 0.717) is 23.4 Å². The predicted molar refractivity (Wildman–Crippen MR) is 130 cm³/mol. The van der Waals surface area contributed by atoms with Crippen LogP contribution in [0.4, 0.5) is 24.5 Å². The smallest absolute Gasteiger partial charge is 0.493 e. The summed E-state index contributed by atoms with van der Waals surface area (Å²) in [4.78, 5) is 24.2. The van der Waals surface area contributed by atoms with E-state index in [-0.39, 0.29) is 29.1 Å². The van der Waals surface area contributed by atoms with Gasteiger partial charge in [0.25, 0.3) is 0 Å². The number of nitrogens with two attached hydrogens (primary N) is 2. The molecule has 0 amide bonds. The van der Waals surface area contributed by atoms with E-state index in [1.807, 2.05) is 0 Å². The minimum atomic E-state index is -4.92. The third-order valence-corrected chi connectivity index (χ3v) is 5.05. The van der Waals surface area contributed by atoms with Gasteiger partial charge >= 0.3 is 18.3 Å². The van der Waals surface area contributed by atoms with Gasteiger partial charge in [-0.2, -0.15) is 0 Å². The lowest BCUT2D eigenvalue weighted by Crippen LogP contribution is -2.18. The van der Waals surface area contributed by atoms with Crippen molar-refractivity contribution in [2.45, 2.75) is 19.2 Å². The Morgan fingerprint density at radius 3 is 2.16 bits per heavy atom. The van der Waals surface area contributed by atoms with E-state index in [9.17, 15) is 27.9 Å². The summed E-state index contributed by atoms with van der Waals surface area (Å²) in [6.07, 6.45) is -2.78. The summed E-state index contributed by atoms with van der Waals surface area (Å²) in [7, 11) is 1.13. The van der Waals surface area contributed by atoms with Crippen LogP contribution in [0.2, 0.25) is 0 Å². The summed E-state index contributed by atoms with van der Waals surface area (Å²) in [5.74, 6) is -2.68. The molecular weight excluding hydrogens is 493 g/mol. The summed E-state index contributed by atoms with van der Waals surface area (Å²) < 4.78 is 51.5. The van der Waals surface area contributed by atoms with E-state index in [0.717, 1.165) is 30.9 Å². The summed E-state index contributed by atoms with van der Waals surface area (Å²) in [6.45, 7) is 0. The highest BCUT2D eigenvalue weighted by Gasteiger charge is 2.32. The number of aliphatic carboxylic acids is 1. The van der Waals surface area contributed by atoms with Crippen LogP contribution < -0.4 is 25.7 Å². The molecule has 3 aromatic rings. The Kier molecular flexibility index (Phi) is 8.28. The van der Waals surface area contributed by atoms with Crippen LogP contribution in [0.3, 0.4) is 0 Å². The highest BCUT2D eigenvalue weighted by Crippen LogP contribution is 2.33. The number of carboxylic acid groups (broad SMARTS) is 1. The quantitative estimate of drug-likeness (QED) is 0.155. The number of rotatable bonds is 9. The summed E-state index contributed by atoms with van der Waals surface area (Å²) >= 11 is 0. The van der Waals surface area contributed by atoms with Crippen LogP contribution in [-0.4, -0.2) is 30.5 Å². The minimum Gasteiger partial charge on any atom is -0.493 e. The fourth-order valence-corrected chi connectivity index (χ4v) is 3.41. The highest BCUT2D eigenvalue weighted by molar-refractivity contribution is 5.93. The lowest BCUT2D eigenvalue weighted by molar-refractivity contribution is -0.275. The second-order valence-corrected chi connectivity index (χ2v) is 7.85. The van der Waals surface area contributed by atoms with Crippen LogP contribution in [0.15, 0.2) is 66.2 Å². The molecule has 0 aromatic heterocycles. The Morgan fingerprint density at radius 2 is 1.59 bits per heavy atom. The van der Waals surface area contributed by atoms with Gasteiger partial charge in [-0.25, -0.2) is 9.59 Å². The predicted octanol–water partition coefficient (Wildman–Crippen LogP) is 5.08. The number of anilines is 2. The average molecular weight is 516 g/mol. The molecule has 11 heteroatoms. The number of ether oxygens (including phenoxy) is 3. The highest BCUT2D eigenvalue weighted by atomic mass is 19.4. The van der Waals surface area contributed by atoms with E-state index in [4.69, 9.17) is 20.9 Å². The second kappa shape index (κ2) is 11.4. The van der Waals surface area contributed by atoms with Gasteiger partial charge in [0, 0.05) is 16.9 Å². The summed E-state index contributed by atoms with van der Waals surface area (Å²) in [5.41, 5.74) is 14.0. The van der Waals surface area contributed by atoms with Gasteiger partial charge in [-0.15, -0.1) is 13.2 Å². The third kappa shape index (κ3) is 7.92. The first-order valence-electron chi connectivity index (χ1n) is 10.8. The molecule has 0 heterocycles. The third-order valence-electron chi connectivity index (χ3n) is 5.05. The Hall–Kier alpha value is -4.67. The van der Waals surface area contributed by atoms with Crippen LogP contribution in [0.5, 0.6) is 17.2 Å². The zero-order valence-corrected chi connectivity index (χ0v) is 19.5. The molecule has 37 heavy (non-hydrogen) atoms. The number of halogens is 3. The van der Waals surface area contributed by atoms with Gasteiger partial charge in [0.05, 0.1) is 12.7 Å². The van der Waals surface area contributed by atoms with Crippen molar-refractivity contribution in [1.82, 2.24) is 0 Å². The number of methoxy groups -OCH3 is 1. The first kappa shape index (κ1) is 26.9. The first-order chi connectivity index (χ1) is 17.4. The molecule has 0 unspecified atom stereocenters. The van der Waals surface area contributed by atoms with Crippen molar-refractivity contribution in [3.8, 4) is 17.2 Å². The van der Waals surface area contributed by atoms with Crippen molar-refractivity contribution in [2.75, 3.05) is 18.6 Å². The Morgan fingerprint density at radius 1 is 0.946 bits per heavy atom. The van der Waals surface area contributed by atoms with Crippen molar-refractivity contribution < 1.29 is 42.1 Å². The molecule has 5 N–H and O–H groups in total. The number of carbonyl (C=O) groups excluding carboxylic acids is 1. The number of nitrogen functional groups attached to an aromatic ring is 2. The molecule has 0 radical (unpaired) electrons. The van der Waals surface area contributed by atoms with E-state index in [1.54, 1.807) is 30.3 Å². The lowest BCUT2D eigenvalue weighted by Gasteiger charge is -2.13. The number of carbonyl (C=O) groups is 2. The Bertz CT molecular complexity index is 1300. The molecule has 0 saturated carbocycles. The van der Waals surface area contributed by atoms with E-state index in [1.165, 1.54) is 18.2 Å². The Labute approximate surface area is 209 Å². The maximum atomic E-state index is 12.5. The lowest BCUT2D eigenvalue weighted by atomic mass is 10.0. The summed E-state index contributed by atoms with van der Waals surface area (Å²) in [5, 5.41) is 9.58. The van der Waals surface area contributed by atoms with Crippen molar-refractivity contribution in [3.63, 3.8) is 0 Å². The second-order valence-electron chi connectivity index (χ2n) is 7.85. The fraction of sp³-hybridized carbons (Fsp3) is 0.154. The molecule has 0 aliphatic carbocycles. The van der Waals surface area contributed by atoms with Crippen molar-refractivity contribution >= 4 is 29.4 Å². The molecular formula is C26H23F3N2O6. The van der Waals surface area contributed by atoms with Gasteiger partial charge < -0.3 is 30.8 Å². The van der Waals surface area contributed by atoms with Gasteiger partial charge in [0.1, 0.15) is 5.75 Å². The van der Waals surface area contributed by atoms with Crippen LogP contribution >= 0.6 is 0 Å². The molecule has 0 bridgehead atoms. The number of alkyl halides is 3. The minimum absolute atomic E-state index is 0.0642. The number of aryl methyl sites for hydroxylation is 1. The molecule has 3 rings (SSSR count). The fourth-order valence-electron chi connectivity index (χ4n) is 3.41. The van der Waals surface area contributed by atoms with Crippen LogP contribution in [0.25, 0.3) is 6.08 Å². The van der Waals surface area contributed by atoms with Gasteiger partial charge in [0.2, 0.25) is 0 Å². The van der Waals surface area contributed by atoms with Gasteiger partial charge in [-0.1, -0.05) is 12.1 Å². The van der Waals surface area contributed by atoms with Crippen LogP contribution in [0, 0.1) is 0 Å². The maximum absolute atomic E-state index is 12.5. The number of hydrogen-bond donors (Lipinski definition) is 3. The molecule has 0 spiro atoms. The molecule has 8 nitrogen and oxygen atoms in total. The number of benzene rings is 3. The molecule has 3 aromatic carbocycles. The van der Waals surface area contributed by atoms with E-state index < -0.39 is 24.1 Å². The van der Waals surface area contributed by atoms with Gasteiger partial charge in [-0.3, -0.25) is 0 Å². The average Bonchev–Trinajstić information content (AvgIpc) is 2.81. The molecule has 0 aliphatic heterocycles. The SMILES string of the molecule is COc1cc(C(=O)Oc2ccc(/C=C(\CCc3cc(N)cc(N)c3)C(=O)O)cc2)ccc1OC(F)(F)F. The van der Waals surface area contributed by atoms with Crippen molar-refractivity contribution in [2.24, 2.45) is 0 Å². The number of carboxylic acids is 1. The van der Waals surface area contributed by atoms with E-state index >= 15 is 0 Å². The van der Waals surface area contributed by atoms with Crippen LogP contribution in [-0.2, 0) is 11.2 Å². The summed E-state index contributed by atoms with van der Waals surface area (Å²) in [6, 6.07) is 14.2. The number of esters is 1.